The maximum Gasteiger partial charge on any atom is 0.198 e. The molecule has 2 N–H and O–H groups in total. The van der Waals surface area contributed by atoms with Crippen LogP contribution >= 0.6 is 11.5 Å². The van der Waals surface area contributed by atoms with Crippen molar-refractivity contribution >= 4 is 22.4 Å². The maximum absolute atomic E-state index is 5.93. The van der Waals surface area contributed by atoms with Gasteiger partial charge in [-0.15, -0.1) is 0 Å². The average molecular weight is 283 g/mol. The van der Waals surface area contributed by atoms with Gasteiger partial charge in [0.05, 0.1) is 6.10 Å². The molecule has 0 spiro atoms. The molecule has 2 rings (SSSR count). The number of rotatable bonds is 3. The number of ether oxygens (including phenoxy) is 1. The molecule has 1 aromatic rings. The minimum Gasteiger partial charge on any atom is -0.484 e. The Morgan fingerprint density at radius 2 is 2.11 bits per heavy atom. The molecule has 0 bridgehead atoms. The van der Waals surface area contributed by atoms with Crippen molar-refractivity contribution in [3.63, 3.8) is 0 Å². The lowest BCUT2D eigenvalue weighted by Gasteiger charge is -2.27. The monoisotopic (exact) mass is 283 g/mol. The van der Waals surface area contributed by atoms with Crippen molar-refractivity contribution in [1.29, 1.82) is 0 Å². The number of nitrogens with two attached hydrogens (primary N) is 1. The molecule has 0 saturated carbocycles. The molecular formula is C14H25N3OS. The van der Waals surface area contributed by atoms with Gasteiger partial charge in [-0.05, 0) is 43.1 Å². The highest BCUT2D eigenvalue weighted by Crippen LogP contribution is 2.43. The van der Waals surface area contributed by atoms with Crippen LogP contribution in [0.1, 0.15) is 41.0 Å². The summed E-state index contributed by atoms with van der Waals surface area (Å²) in [6, 6.07) is 0. The highest BCUT2D eigenvalue weighted by molar-refractivity contribution is 7.11. The molecule has 0 radical (unpaired) electrons. The molecule has 1 atom stereocenters. The van der Waals surface area contributed by atoms with Gasteiger partial charge < -0.3 is 15.4 Å². The van der Waals surface area contributed by atoms with Gasteiger partial charge in [-0.3, -0.25) is 0 Å². The maximum atomic E-state index is 5.93. The highest BCUT2D eigenvalue weighted by atomic mass is 32.1. The second-order valence-corrected chi connectivity index (χ2v) is 7.42. The fourth-order valence-corrected chi connectivity index (χ4v) is 3.27. The van der Waals surface area contributed by atoms with Gasteiger partial charge in [0.2, 0.25) is 0 Å². The van der Waals surface area contributed by atoms with Gasteiger partial charge in [0, 0.05) is 13.1 Å². The van der Waals surface area contributed by atoms with Crippen LogP contribution < -0.4 is 15.4 Å². The van der Waals surface area contributed by atoms with Crippen LogP contribution in [-0.2, 0) is 0 Å². The van der Waals surface area contributed by atoms with Crippen molar-refractivity contribution in [2.45, 2.75) is 47.1 Å². The zero-order chi connectivity index (χ0) is 14.2. The second kappa shape index (κ2) is 5.19. The van der Waals surface area contributed by atoms with Crippen LogP contribution in [0.4, 0.5) is 10.8 Å². The molecule has 19 heavy (non-hydrogen) atoms. The molecule has 2 heterocycles. The van der Waals surface area contributed by atoms with Crippen molar-refractivity contribution < 1.29 is 4.74 Å². The van der Waals surface area contributed by atoms with Crippen LogP contribution in [0, 0.1) is 11.3 Å². The molecule has 0 amide bonds. The van der Waals surface area contributed by atoms with E-state index in [0.29, 0.717) is 17.2 Å². The van der Waals surface area contributed by atoms with Gasteiger partial charge in [-0.2, -0.15) is 4.37 Å². The zero-order valence-corrected chi connectivity index (χ0v) is 13.4. The van der Waals surface area contributed by atoms with Gasteiger partial charge in [0.25, 0.3) is 0 Å². The van der Waals surface area contributed by atoms with Crippen molar-refractivity contribution in [3.05, 3.63) is 0 Å². The molecule has 1 fully saturated rings. The van der Waals surface area contributed by atoms with E-state index in [0.717, 1.165) is 23.8 Å². The van der Waals surface area contributed by atoms with Crippen LogP contribution in [0.3, 0.4) is 0 Å². The second-order valence-electron chi connectivity index (χ2n) is 6.67. The summed E-state index contributed by atoms with van der Waals surface area (Å²) < 4.78 is 10.1. The third-order valence-corrected chi connectivity index (χ3v) is 4.62. The zero-order valence-electron chi connectivity index (χ0n) is 12.6. The molecule has 5 heteroatoms. The largest absolute Gasteiger partial charge is 0.484 e. The van der Waals surface area contributed by atoms with E-state index in [-0.39, 0.29) is 6.10 Å². The van der Waals surface area contributed by atoms with Gasteiger partial charge in [-0.1, -0.05) is 20.8 Å². The quantitative estimate of drug-likeness (QED) is 0.924. The van der Waals surface area contributed by atoms with Crippen LogP contribution in [-0.4, -0.2) is 23.6 Å². The Balaban J connectivity index is 2.16. The van der Waals surface area contributed by atoms with E-state index in [2.05, 4.69) is 30.0 Å². The van der Waals surface area contributed by atoms with Crippen molar-refractivity contribution in [1.82, 2.24) is 4.37 Å². The predicted octanol–water partition coefficient (Wildman–Crippen LogP) is 3.38. The minimum absolute atomic E-state index is 0.124. The van der Waals surface area contributed by atoms with Crippen molar-refractivity contribution in [2.24, 2.45) is 11.3 Å². The predicted molar refractivity (Wildman–Crippen MR) is 82.1 cm³/mol. The summed E-state index contributed by atoms with van der Waals surface area (Å²) >= 11 is 1.45. The molecule has 0 aliphatic carbocycles. The lowest BCUT2D eigenvalue weighted by molar-refractivity contribution is 0.244. The molecular weight excluding hydrogens is 258 g/mol. The first-order valence-electron chi connectivity index (χ1n) is 6.95. The number of aromatic nitrogens is 1. The van der Waals surface area contributed by atoms with E-state index < -0.39 is 0 Å². The third-order valence-electron chi connectivity index (χ3n) is 3.71. The number of hydrogen-bond acceptors (Lipinski definition) is 5. The highest BCUT2D eigenvalue weighted by Gasteiger charge is 2.34. The summed E-state index contributed by atoms with van der Waals surface area (Å²) in [5, 5.41) is 1.10. The average Bonchev–Trinajstić information content (AvgIpc) is 2.85. The van der Waals surface area contributed by atoms with E-state index in [4.69, 9.17) is 10.5 Å². The molecule has 0 aromatic carbocycles. The van der Waals surface area contributed by atoms with E-state index in [1.165, 1.54) is 18.0 Å². The van der Waals surface area contributed by atoms with Gasteiger partial charge >= 0.3 is 0 Å². The molecule has 108 valence electrons. The fourth-order valence-electron chi connectivity index (χ4n) is 2.48. The Hall–Kier alpha value is -0.970. The Bertz CT molecular complexity index is 436. The van der Waals surface area contributed by atoms with Crippen LogP contribution in [0.25, 0.3) is 0 Å². The first-order valence-corrected chi connectivity index (χ1v) is 7.73. The van der Waals surface area contributed by atoms with Crippen LogP contribution in [0.5, 0.6) is 5.75 Å². The van der Waals surface area contributed by atoms with Crippen LogP contribution in [0.2, 0.25) is 0 Å². The van der Waals surface area contributed by atoms with Crippen molar-refractivity contribution in [3.8, 4) is 5.75 Å². The molecule has 1 aromatic heterocycles. The number of nitrogens with zero attached hydrogens (tertiary/aromatic N) is 2. The first-order chi connectivity index (χ1) is 8.79. The summed E-state index contributed by atoms with van der Waals surface area (Å²) in [7, 11) is 0. The van der Waals surface area contributed by atoms with Crippen LogP contribution in [0.15, 0.2) is 0 Å². The molecule has 1 saturated heterocycles. The standard InChI is InChI=1S/C14H25N3OS/c1-9(2)18-11-12(15)16-19-13(11)17-7-6-10(8-17)14(3,4)5/h9-10H,6-8H2,1-5H3,(H2,15,16). The van der Waals surface area contributed by atoms with Gasteiger partial charge in [0.15, 0.2) is 16.6 Å². The van der Waals surface area contributed by atoms with Crippen molar-refractivity contribution in [2.75, 3.05) is 23.7 Å². The van der Waals surface area contributed by atoms with E-state index in [1.807, 2.05) is 13.8 Å². The molecule has 1 aliphatic rings. The Kier molecular flexibility index (Phi) is 3.95. The lowest BCUT2D eigenvalue weighted by Crippen LogP contribution is -2.25. The molecule has 1 aliphatic heterocycles. The van der Waals surface area contributed by atoms with E-state index >= 15 is 0 Å². The fraction of sp³-hybridized carbons (Fsp3) is 0.786. The number of hydrogen-bond donors (Lipinski definition) is 1. The summed E-state index contributed by atoms with van der Waals surface area (Å²) in [5.74, 6) is 2.00. The summed E-state index contributed by atoms with van der Waals surface area (Å²) in [6.07, 6.45) is 1.35. The molecule has 1 unspecified atom stereocenters. The summed E-state index contributed by atoms with van der Waals surface area (Å²) in [5.41, 5.74) is 6.28. The van der Waals surface area contributed by atoms with Gasteiger partial charge in [-0.25, -0.2) is 0 Å². The minimum atomic E-state index is 0.124. The molecule has 4 nitrogen and oxygen atoms in total. The van der Waals surface area contributed by atoms with E-state index in [9.17, 15) is 0 Å². The Morgan fingerprint density at radius 3 is 2.63 bits per heavy atom. The van der Waals surface area contributed by atoms with Gasteiger partial charge in [0.1, 0.15) is 0 Å². The number of nitrogen functional groups attached to an aromatic ring is 1. The third kappa shape index (κ3) is 3.14. The summed E-state index contributed by atoms with van der Waals surface area (Å²) in [4.78, 5) is 2.38. The first kappa shape index (κ1) is 14.4. The topological polar surface area (TPSA) is 51.4 Å². The Morgan fingerprint density at radius 1 is 1.42 bits per heavy atom. The smallest absolute Gasteiger partial charge is 0.198 e. The lowest BCUT2D eigenvalue weighted by atomic mass is 9.80. The van der Waals surface area contributed by atoms with E-state index in [1.54, 1.807) is 0 Å². The SMILES string of the molecule is CC(C)Oc1c(N)nsc1N1CCC(C(C)(C)C)C1. The normalized spacial score (nSPS) is 20.3. The Labute approximate surface area is 120 Å². The number of anilines is 2. The summed E-state index contributed by atoms with van der Waals surface area (Å²) in [6.45, 7) is 13.1.